The molecule has 0 saturated carbocycles. The number of hydrogen-bond acceptors (Lipinski definition) is 2. The highest BCUT2D eigenvalue weighted by atomic mass is 127. The molecule has 0 aromatic heterocycles. The molecule has 1 N–H and O–H groups in total. The first-order chi connectivity index (χ1) is 8.88. The van der Waals surface area contributed by atoms with E-state index in [1.165, 1.54) is 0 Å². The van der Waals surface area contributed by atoms with E-state index >= 15 is 0 Å². The second kappa shape index (κ2) is 6.11. The van der Waals surface area contributed by atoms with E-state index in [1.807, 2.05) is 6.07 Å². The Bertz CT molecular complexity index is 719. The fraction of sp³-hybridized carbons (Fsp3) is 0. The van der Waals surface area contributed by atoms with Gasteiger partial charge in [0.1, 0.15) is 4.90 Å². The molecule has 0 heterocycles. The van der Waals surface area contributed by atoms with Crippen molar-refractivity contribution in [3.8, 4) is 0 Å². The van der Waals surface area contributed by atoms with Crippen LogP contribution in [-0.2, 0) is 10.0 Å². The number of benzene rings is 2. The molecule has 19 heavy (non-hydrogen) atoms. The average molecular weight is 517 g/mol. The highest BCUT2D eigenvalue weighted by Crippen LogP contribution is 2.27. The van der Waals surface area contributed by atoms with Gasteiger partial charge in [0.05, 0.1) is 0 Å². The van der Waals surface area contributed by atoms with Crippen molar-refractivity contribution in [1.82, 2.24) is 0 Å². The number of sulfonamides is 1. The summed E-state index contributed by atoms with van der Waals surface area (Å²) in [5, 5.41) is 0. The lowest BCUT2D eigenvalue weighted by Gasteiger charge is -2.10. The van der Waals surface area contributed by atoms with Gasteiger partial charge >= 0.3 is 0 Å². The number of anilines is 1. The van der Waals surface area contributed by atoms with Crippen LogP contribution in [0.3, 0.4) is 0 Å². The van der Waals surface area contributed by atoms with E-state index in [4.69, 9.17) is 0 Å². The Morgan fingerprint density at radius 2 is 1.79 bits per heavy atom. The fourth-order valence-corrected chi connectivity index (χ4v) is 4.79. The first-order valence-corrected chi connectivity index (χ1v) is 9.27. The molecule has 0 aliphatic heterocycles. The summed E-state index contributed by atoms with van der Waals surface area (Å²) in [5.41, 5.74) is 0.543. The molecule has 0 aliphatic carbocycles. The van der Waals surface area contributed by atoms with Crippen molar-refractivity contribution in [2.75, 3.05) is 4.72 Å². The Morgan fingerprint density at radius 3 is 2.42 bits per heavy atom. The zero-order valence-corrected chi connectivity index (χ0v) is 15.5. The van der Waals surface area contributed by atoms with Crippen LogP contribution in [0, 0.1) is 3.57 Å². The van der Waals surface area contributed by atoms with E-state index in [0.29, 0.717) is 10.2 Å². The van der Waals surface area contributed by atoms with Crippen LogP contribution in [0.5, 0.6) is 0 Å². The molecule has 0 amide bonds. The molecule has 0 bridgehead atoms. The van der Waals surface area contributed by atoms with Crippen LogP contribution >= 0.6 is 54.5 Å². The first kappa shape index (κ1) is 15.3. The minimum Gasteiger partial charge on any atom is -0.280 e. The van der Waals surface area contributed by atoms with E-state index in [1.54, 1.807) is 36.4 Å². The van der Waals surface area contributed by atoms with Gasteiger partial charge < -0.3 is 0 Å². The van der Waals surface area contributed by atoms with E-state index < -0.39 is 10.0 Å². The second-order valence-corrected chi connectivity index (χ2v) is 8.36. The van der Waals surface area contributed by atoms with E-state index in [-0.39, 0.29) is 4.90 Å². The van der Waals surface area contributed by atoms with E-state index in [2.05, 4.69) is 59.2 Å². The quantitative estimate of drug-likeness (QED) is 0.605. The highest BCUT2D eigenvalue weighted by molar-refractivity contribution is 14.1. The van der Waals surface area contributed by atoms with Crippen molar-refractivity contribution in [1.29, 1.82) is 0 Å². The molecular formula is C12H8Br2INO2S. The molecule has 2 aromatic carbocycles. The molecule has 100 valence electrons. The third-order valence-corrected chi connectivity index (χ3v) is 5.78. The van der Waals surface area contributed by atoms with E-state index in [9.17, 15) is 8.42 Å². The van der Waals surface area contributed by atoms with Gasteiger partial charge in [-0.1, -0.05) is 22.0 Å². The van der Waals surface area contributed by atoms with Gasteiger partial charge in [-0.15, -0.1) is 0 Å². The van der Waals surface area contributed by atoms with Crippen LogP contribution in [0.1, 0.15) is 0 Å². The molecule has 7 heteroatoms. The molecule has 2 rings (SSSR count). The van der Waals surface area contributed by atoms with Gasteiger partial charge in [0.2, 0.25) is 0 Å². The third kappa shape index (κ3) is 3.93. The third-order valence-electron chi connectivity index (χ3n) is 2.26. The molecule has 0 radical (unpaired) electrons. The molecule has 0 unspecified atom stereocenters. The SMILES string of the molecule is O=S(=O)(Nc1cccc(I)c1)c1ccc(Br)cc1Br. The number of hydrogen-bond donors (Lipinski definition) is 1. The molecule has 0 fully saturated rings. The largest absolute Gasteiger partial charge is 0.280 e. The maximum absolute atomic E-state index is 12.3. The normalized spacial score (nSPS) is 11.3. The van der Waals surface area contributed by atoms with Gasteiger partial charge in [-0.25, -0.2) is 8.42 Å². The molecule has 0 saturated heterocycles. The molecular weight excluding hydrogens is 509 g/mol. The highest BCUT2D eigenvalue weighted by Gasteiger charge is 2.17. The van der Waals surface area contributed by atoms with Crippen molar-refractivity contribution < 1.29 is 8.42 Å². The molecule has 2 aromatic rings. The molecule has 0 atom stereocenters. The predicted octanol–water partition coefficient (Wildman–Crippen LogP) is 4.62. The van der Waals surface area contributed by atoms with Gasteiger partial charge in [-0.05, 0) is 74.9 Å². The lowest BCUT2D eigenvalue weighted by Crippen LogP contribution is -2.13. The van der Waals surface area contributed by atoms with Crippen molar-refractivity contribution in [3.63, 3.8) is 0 Å². The Labute approximate surface area is 142 Å². The maximum atomic E-state index is 12.3. The van der Waals surface area contributed by atoms with Gasteiger partial charge in [0, 0.05) is 18.2 Å². The average Bonchev–Trinajstić information content (AvgIpc) is 2.27. The van der Waals surface area contributed by atoms with Crippen molar-refractivity contribution >= 4 is 70.2 Å². The van der Waals surface area contributed by atoms with Crippen LogP contribution in [0.2, 0.25) is 0 Å². The van der Waals surface area contributed by atoms with Crippen LogP contribution in [0.15, 0.2) is 56.3 Å². The van der Waals surface area contributed by atoms with Crippen LogP contribution in [0.4, 0.5) is 5.69 Å². The summed E-state index contributed by atoms with van der Waals surface area (Å²) in [5.74, 6) is 0. The molecule has 0 spiro atoms. The fourth-order valence-electron chi connectivity index (χ4n) is 1.46. The summed E-state index contributed by atoms with van der Waals surface area (Å²) in [6.45, 7) is 0. The van der Waals surface area contributed by atoms with Gasteiger partial charge in [-0.3, -0.25) is 4.72 Å². The predicted molar refractivity (Wildman–Crippen MR) is 91.8 cm³/mol. The van der Waals surface area contributed by atoms with Crippen molar-refractivity contribution in [2.24, 2.45) is 0 Å². The van der Waals surface area contributed by atoms with Crippen LogP contribution in [0.25, 0.3) is 0 Å². The van der Waals surface area contributed by atoms with Crippen LogP contribution < -0.4 is 4.72 Å². The minimum atomic E-state index is -3.60. The van der Waals surface area contributed by atoms with Gasteiger partial charge in [0.25, 0.3) is 10.0 Å². The van der Waals surface area contributed by atoms with Crippen molar-refractivity contribution in [3.05, 3.63) is 55.0 Å². The summed E-state index contributed by atoms with van der Waals surface area (Å²) >= 11 is 8.69. The lowest BCUT2D eigenvalue weighted by atomic mass is 10.3. The first-order valence-electron chi connectivity index (χ1n) is 5.12. The summed E-state index contributed by atoms with van der Waals surface area (Å²) in [6, 6.07) is 12.1. The van der Waals surface area contributed by atoms with Gasteiger partial charge in [-0.2, -0.15) is 0 Å². The van der Waals surface area contributed by atoms with Crippen LogP contribution in [-0.4, -0.2) is 8.42 Å². The number of rotatable bonds is 3. The minimum absolute atomic E-state index is 0.203. The number of nitrogens with one attached hydrogen (secondary N) is 1. The summed E-state index contributed by atoms with van der Waals surface area (Å²) in [6.07, 6.45) is 0. The summed E-state index contributed by atoms with van der Waals surface area (Å²) in [7, 11) is -3.60. The van der Waals surface area contributed by atoms with Crippen molar-refractivity contribution in [2.45, 2.75) is 4.90 Å². The molecule has 0 aliphatic rings. The topological polar surface area (TPSA) is 46.2 Å². The molecule has 3 nitrogen and oxygen atoms in total. The summed E-state index contributed by atoms with van der Waals surface area (Å²) in [4.78, 5) is 0.203. The zero-order valence-electron chi connectivity index (χ0n) is 9.40. The Morgan fingerprint density at radius 1 is 1.05 bits per heavy atom. The maximum Gasteiger partial charge on any atom is 0.263 e. The Hall–Kier alpha value is -0.120. The zero-order chi connectivity index (χ0) is 14.0. The summed E-state index contributed by atoms with van der Waals surface area (Å²) < 4.78 is 29.4. The van der Waals surface area contributed by atoms with Gasteiger partial charge in [0.15, 0.2) is 0 Å². The Kier molecular flexibility index (Phi) is 4.91. The second-order valence-electron chi connectivity index (χ2n) is 3.69. The van der Waals surface area contributed by atoms with E-state index in [0.717, 1.165) is 8.04 Å². The lowest BCUT2D eigenvalue weighted by molar-refractivity contribution is 0.600. The number of halogens is 3. The standard InChI is InChI=1S/C12H8Br2INO2S/c13-8-4-5-12(11(14)6-8)19(17,18)16-10-3-1-2-9(15)7-10/h1-7,16H. The monoisotopic (exact) mass is 515 g/mol. The smallest absolute Gasteiger partial charge is 0.263 e. The Balaban J connectivity index is 2.38.